The SMILES string of the molecule is CC(Cc1ccc(C(C)(C)C)cc1)CN(C)Cc1ccc(Cl)nc1. The normalized spacial score (nSPS) is 13.3. The summed E-state index contributed by atoms with van der Waals surface area (Å²) < 4.78 is 0. The van der Waals surface area contributed by atoms with Gasteiger partial charge in [0.1, 0.15) is 5.15 Å². The van der Waals surface area contributed by atoms with Gasteiger partial charge in [-0.1, -0.05) is 69.6 Å². The molecule has 1 aromatic heterocycles. The number of hydrogen-bond donors (Lipinski definition) is 0. The third-order valence-corrected chi connectivity index (χ3v) is 4.49. The molecule has 0 radical (unpaired) electrons. The molecule has 0 saturated carbocycles. The smallest absolute Gasteiger partial charge is 0.129 e. The van der Waals surface area contributed by atoms with Crippen molar-refractivity contribution in [1.82, 2.24) is 9.88 Å². The summed E-state index contributed by atoms with van der Waals surface area (Å²) in [6.07, 6.45) is 2.96. The zero-order valence-electron chi connectivity index (χ0n) is 15.5. The van der Waals surface area contributed by atoms with E-state index in [1.165, 1.54) is 16.7 Å². The van der Waals surface area contributed by atoms with Crippen LogP contribution in [0.15, 0.2) is 42.6 Å². The molecule has 1 heterocycles. The molecule has 3 heteroatoms. The van der Waals surface area contributed by atoms with Gasteiger partial charge in [0.25, 0.3) is 0 Å². The predicted molar refractivity (Wildman–Crippen MR) is 104 cm³/mol. The zero-order chi connectivity index (χ0) is 17.7. The second-order valence-corrected chi connectivity index (χ2v) is 8.33. The summed E-state index contributed by atoms with van der Waals surface area (Å²) in [6, 6.07) is 13.0. The molecule has 0 fully saturated rings. The maximum atomic E-state index is 5.84. The van der Waals surface area contributed by atoms with Crippen molar-refractivity contribution in [2.75, 3.05) is 13.6 Å². The van der Waals surface area contributed by atoms with Crippen molar-refractivity contribution in [3.05, 3.63) is 64.4 Å². The minimum atomic E-state index is 0.219. The van der Waals surface area contributed by atoms with Crippen LogP contribution >= 0.6 is 11.6 Å². The molecule has 0 N–H and O–H groups in total. The molecule has 1 unspecified atom stereocenters. The summed E-state index contributed by atoms with van der Waals surface area (Å²) >= 11 is 5.84. The second kappa shape index (κ2) is 8.13. The molecule has 1 aromatic carbocycles. The van der Waals surface area contributed by atoms with Gasteiger partial charge in [-0.25, -0.2) is 4.98 Å². The van der Waals surface area contributed by atoms with Crippen LogP contribution in [0.5, 0.6) is 0 Å². The molecule has 0 aliphatic heterocycles. The predicted octanol–water partition coefficient (Wildman–Crippen LogP) is 5.34. The summed E-state index contributed by atoms with van der Waals surface area (Å²) in [6.45, 7) is 11.0. The average Bonchev–Trinajstić information content (AvgIpc) is 2.49. The fourth-order valence-corrected chi connectivity index (χ4v) is 3.13. The Morgan fingerprint density at radius 2 is 1.67 bits per heavy atom. The number of rotatable bonds is 6. The van der Waals surface area contributed by atoms with Gasteiger partial charge in [-0.3, -0.25) is 0 Å². The highest BCUT2D eigenvalue weighted by Gasteiger charge is 2.14. The van der Waals surface area contributed by atoms with Crippen molar-refractivity contribution in [3.63, 3.8) is 0 Å². The van der Waals surface area contributed by atoms with E-state index >= 15 is 0 Å². The largest absolute Gasteiger partial charge is 0.302 e. The van der Waals surface area contributed by atoms with E-state index in [4.69, 9.17) is 11.6 Å². The molecule has 0 bridgehead atoms. The maximum Gasteiger partial charge on any atom is 0.129 e. The van der Waals surface area contributed by atoms with E-state index < -0.39 is 0 Å². The van der Waals surface area contributed by atoms with Gasteiger partial charge in [0.15, 0.2) is 0 Å². The van der Waals surface area contributed by atoms with E-state index in [1.807, 2.05) is 18.3 Å². The highest BCUT2D eigenvalue weighted by Crippen LogP contribution is 2.23. The highest BCUT2D eigenvalue weighted by molar-refractivity contribution is 6.29. The molecule has 0 saturated heterocycles. The Morgan fingerprint density at radius 1 is 1.04 bits per heavy atom. The molecule has 2 rings (SSSR count). The number of aromatic nitrogens is 1. The summed E-state index contributed by atoms with van der Waals surface area (Å²) in [7, 11) is 2.16. The Labute approximate surface area is 151 Å². The Kier molecular flexibility index (Phi) is 6.42. The van der Waals surface area contributed by atoms with Crippen LogP contribution in [-0.2, 0) is 18.4 Å². The first kappa shape index (κ1) is 19.0. The summed E-state index contributed by atoms with van der Waals surface area (Å²) in [5.41, 5.74) is 4.23. The number of halogens is 1. The van der Waals surface area contributed by atoms with Crippen LogP contribution in [0.3, 0.4) is 0 Å². The standard InChI is InChI=1S/C21H29ClN2/c1-16(12-17-6-9-19(10-7-17)21(2,3)4)14-24(5)15-18-8-11-20(22)23-13-18/h6-11,13,16H,12,14-15H2,1-5H3. The Hall–Kier alpha value is -1.38. The van der Waals surface area contributed by atoms with Crippen molar-refractivity contribution in [2.24, 2.45) is 5.92 Å². The molecule has 0 spiro atoms. The van der Waals surface area contributed by atoms with E-state index in [0.29, 0.717) is 11.1 Å². The van der Waals surface area contributed by atoms with Crippen molar-refractivity contribution in [1.29, 1.82) is 0 Å². The number of pyridine rings is 1. The zero-order valence-corrected chi connectivity index (χ0v) is 16.3. The minimum Gasteiger partial charge on any atom is -0.302 e. The van der Waals surface area contributed by atoms with Crippen LogP contribution in [0.4, 0.5) is 0 Å². The lowest BCUT2D eigenvalue weighted by Crippen LogP contribution is -2.25. The molecule has 0 aliphatic carbocycles. The van der Waals surface area contributed by atoms with Crippen LogP contribution in [-0.4, -0.2) is 23.5 Å². The molecule has 130 valence electrons. The van der Waals surface area contributed by atoms with E-state index in [1.54, 1.807) is 0 Å². The van der Waals surface area contributed by atoms with E-state index in [9.17, 15) is 0 Å². The highest BCUT2D eigenvalue weighted by atomic mass is 35.5. The van der Waals surface area contributed by atoms with Crippen LogP contribution in [0.25, 0.3) is 0 Å². The van der Waals surface area contributed by atoms with Crippen molar-refractivity contribution in [2.45, 2.75) is 46.1 Å². The average molecular weight is 345 g/mol. The Balaban J connectivity index is 1.85. The van der Waals surface area contributed by atoms with E-state index in [2.05, 4.69) is 68.9 Å². The third-order valence-electron chi connectivity index (χ3n) is 4.27. The summed E-state index contributed by atoms with van der Waals surface area (Å²) in [4.78, 5) is 6.49. The first-order chi connectivity index (χ1) is 11.2. The Bertz CT molecular complexity index is 626. The third kappa shape index (κ3) is 5.92. The monoisotopic (exact) mass is 344 g/mol. The first-order valence-electron chi connectivity index (χ1n) is 8.62. The summed E-state index contributed by atoms with van der Waals surface area (Å²) in [5, 5.41) is 0.550. The Morgan fingerprint density at radius 3 is 2.21 bits per heavy atom. The number of hydrogen-bond acceptors (Lipinski definition) is 2. The summed E-state index contributed by atoms with van der Waals surface area (Å²) in [5.74, 6) is 0.607. The number of benzene rings is 1. The van der Waals surface area contributed by atoms with Crippen molar-refractivity contribution < 1.29 is 0 Å². The van der Waals surface area contributed by atoms with Gasteiger partial charge < -0.3 is 4.90 Å². The van der Waals surface area contributed by atoms with Crippen LogP contribution in [0.2, 0.25) is 5.15 Å². The molecule has 0 amide bonds. The maximum absolute atomic E-state index is 5.84. The lowest BCUT2D eigenvalue weighted by Gasteiger charge is -2.22. The van der Waals surface area contributed by atoms with E-state index in [-0.39, 0.29) is 5.41 Å². The minimum absolute atomic E-state index is 0.219. The fourth-order valence-electron chi connectivity index (χ4n) is 3.02. The van der Waals surface area contributed by atoms with Gasteiger partial charge in [-0.2, -0.15) is 0 Å². The molecular formula is C21H29ClN2. The molecule has 1 atom stereocenters. The van der Waals surface area contributed by atoms with Gasteiger partial charge in [0, 0.05) is 19.3 Å². The molecule has 2 nitrogen and oxygen atoms in total. The van der Waals surface area contributed by atoms with Crippen molar-refractivity contribution >= 4 is 11.6 Å². The quantitative estimate of drug-likeness (QED) is 0.657. The van der Waals surface area contributed by atoms with Crippen molar-refractivity contribution in [3.8, 4) is 0 Å². The van der Waals surface area contributed by atoms with Gasteiger partial charge in [-0.05, 0) is 47.6 Å². The second-order valence-electron chi connectivity index (χ2n) is 7.94. The molecular weight excluding hydrogens is 316 g/mol. The number of nitrogens with zero attached hydrogens (tertiary/aromatic N) is 2. The lowest BCUT2D eigenvalue weighted by molar-refractivity contribution is 0.277. The van der Waals surface area contributed by atoms with Gasteiger partial charge in [0.05, 0.1) is 0 Å². The van der Waals surface area contributed by atoms with Crippen LogP contribution in [0, 0.1) is 5.92 Å². The van der Waals surface area contributed by atoms with Crippen LogP contribution < -0.4 is 0 Å². The first-order valence-corrected chi connectivity index (χ1v) is 9.00. The van der Waals surface area contributed by atoms with Gasteiger partial charge >= 0.3 is 0 Å². The molecule has 2 aromatic rings. The van der Waals surface area contributed by atoms with E-state index in [0.717, 1.165) is 19.5 Å². The van der Waals surface area contributed by atoms with Gasteiger partial charge in [0.2, 0.25) is 0 Å². The van der Waals surface area contributed by atoms with Crippen LogP contribution in [0.1, 0.15) is 44.4 Å². The molecule has 24 heavy (non-hydrogen) atoms. The molecule has 0 aliphatic rings. The topological polar surface area (TPSA) is 16.1 Å². The fraction of sp³-hybridized carbons (Fsp3) is 0.476. The van der Waals surface area contributed by atoms with Gasteiger partial charge in [-0.15, -0.1) is 0 Å². The lowest BCUT2D eigenvalue weighted by atomic mass is 9.86.